The van der Waals surface area contributed by atoms with Gasteiger partial charge in [-0.1, -0.05) is 81.2 Å². The molecule has 0 aliphatic heterocycles. The Bertz CT molecular complexity index is 823. The van der Waals surface area contributed by atoms with Gasteiger partial charge in [-0.2, -0.15) is 0 Å². The van der Waals surface area contributed by atoms with Gasteiger partial charge in [-0.25, -0.2) is 15.0 Å². The molecule has 0 amide bonds. The van der Waals surface area contributed by atoms with Crippen LogP contribution < -0.4 is 0 Å². The minimum absolute atomic E-state index is 0.0245. The van der Waals surface area contributed by atoms with Gasteiger partial charge in [0, 0.05) is 16.2 Å². The number of halogens is 7. The molecule has 0 bridgehead atoms. The Labute approximate surface area is 193 Å². The number of nitrogens with zero attached hydrogens (tertiary/aromatic N) is 3. The lowest BCUT2D eigenvalue weighted by atomic mass is 10.2. The molecule has 0 atom stereocenters. The van der Waals surface area contributed by atoms with Gasteiger partial charge in [0.15, 0.2) is 17.5 Å². The predicted molar refractivity (Wildman–Crippen MR) is 112 cm³/mol. The molecule has 27 heavy (non-hydrogen) atoms. The van der Waals surface area contributed by atoms with Crippen molar-refractivity contribution in [3.05, 3.63) is 34.9 Å². The highest BCUT2D eigenvalue weighted by Crippen LogP contribution is 2.41. The third kappa shape index (κ3) is 6.82. The fourth-order valence-corrected chi connectivity index (χ4v) is 3.49. The lowest BCUT2D eigenvalue weighted by molar-refractivity contribution is -0.136. The van der Waals surface area contributed by atoms with Crippen LogP contribution in [0.3, 0.4) is 0 Å². The van der Waals surface area contributed by atoms with Crippen molar-refractivity contribution >= 4 is 98.9 Å². The summed E-state index contributed by atoms with van der Waals surface area (Å²) in [6.07, 6.45) is 0.0245. The monoisotopic (exact) mass is 527 g/mol. The molecule has 0 aliphatic rings. The van der Waals surface area contributed by atoms with Gasteiger partial charge in [0.25, 0.3) is 0 Å². The maximum Gasteiger partial charge on any atom is 0.304 e. The minimum atomic E-state index is -1.97. The Kier molecular flexibility index (Phi) is 8.02. The Morgan fingerprint density at radius 1 is 1.00 bits per heavy atom. The van der Waals surface area contributed by atoms with Crippen molar-refractivity contribution in [1.29, 1.82) is 0 Å². The molecule has 2 aromatic rings. The first-order chi connectivity index (χ1) is 12.4. The summed E-state index contributed by atoms with van der Waals surface area (Å²) < 4.78 is -3.94. The fourth-order valence-electron chi connectivity index (χ4n) is 1.77. The molecule has 0 saturated carbocycles. The molecule has 0 aliphatic carbocycles. The van der Waals surface area contributed by atoms with Gasteiger partial charge in [0.05, 0.1) is 11.4 Å². The van der Waals surface area contributed by atoms with Crippen molar-refractivity contribution in [3.63, 3.8) is 0 Å². The number of hydrogen-bond donors (Lipinski definition) is 1. The molecular weight excluding hydrogens is 522 g/mol. The minimum Gasteiger partial charge on any atom is -0.481 e. The normalized spacial score (nSPS) is 12.3. The van der Waals surface area contributed by atoms with Crippen LogP contribution in [0.25, 0.3) is 11.4 Å². The largest absolute Gasteiger partial charge is 0.481 e. The summed E-state index contributed by atoms with van der Waals surface area (Å²) in [5.41, 5.74) is 0.396. The number of thioether (sulfide) groups is 1. The van der Waals surface area contributed by atoms with E-state index in [2.05, 4.69) is 15.0 Å². The quantitative estimate of drug-likeness (QED) is 0.356. The number of hydrogen-bond acceptors (Lipinski definition) is 5. The first-order valence-electron chi connectivity index (χ1n) is 6.93. The summed E-state index contributed by atoms with van der Waals surface area (Å²) in [7, 11) is 0. The van der Waals surface area contributed by atoms with Crippen LogP contribution in [0.4, 0.5) is 0 Å². The number of carbonyl (C=O) groups is 1. The smallest absolute Gasteiger partial charge is 0.304 e. The van der Waals surface area contributed by atoms with Crippen LogP contribution in [-0.4, -0.2) is 31.8 Å². The molecule has 0 spiro atoms. The second-order valence-corrected chi connectivity index (χ2v) is 11.1. The van der Waals surface area contributed by atoms with Gasteiger partial charge >= 0.3 is 5.97 Å². The third-order valence-electron chi connectivity index (χ3n) is 2.91. The highest BCUT2D eigenvalue weighted by atomic mass is 35.6. The van der Waals surface area contributed by atoms with E-state index in [9.17, 15) is 4.79 Å². The summed E-state index contributed by atoms with van der Waals surface area (Å²) in [5, 5.41) is 8.98. The average molecular weight is 530 g/mol. The Balaban J connectivity index is 2.43. The molecule has 0 saturated heterocycles. The van der Waals surface area contributed by atoms with Crippen LogP contribution >= 0.6 is 93.0 Å². The molecule has 2 rings (SSSR count). The van der Waals surface area contributed by atoms with Crippen molar-refractivity contribution in [3.8, 4) is 11.4 Å². The topological polar surface area (TPSA) is 76.0 Å². The lowest BCUT2D eigenvalue weighted by Crippen LogP contribution is -2.16. The van der Waals surface area contributed by atoms with Crippen LogP contribution in [-0.2, 0) is 12.4 Å². The summed E-state index contributed by atoms with van der Waals surface area (Å²) >= 11 is 42.8. The zero-order valence-electron chi connectivity index (χ0n) is 12.9. The molecule has 1 heterocycles. The van der Waals surface area contributed by atoms with Crippen molar-refractivity contribution in [2.24, 2.45) is 0 Å². The predicted octanol–water partition coefficient (Wildman–Crippen LogP) is 6.41. The Morgan fingerprint density at radius 3 is 2.00 bits per heavy atom. The second-order valence-electron chi connectivity index (χ2n) is 4.94. The molecule has 0 unspecified atom stereocenters. The van der Waals surface area contributed by atoms with Crippen LogP contribution in [0, 0.1) is 0 Å². The Hall–Kier alpha value is 0.0800. The zero-order chi connectivity index (χ0) is 20.4. The van der Waals surface area contributed by atoms with E-state index in [4.69, 9.17) is 86.3 Å². The molecule has 0 radical (unpaired) electrons. The zero-order valence-corrected chi connectivity index (χ0v) is 19.0. The first kappa shape index (κ1) is 23.4. The van der Waals surface area contributed by atoms with E-state index in [1.807, 2.05) is 0 Å². The molecular formula is C14H8Cl7N3O2S. The molecule has 13 heteroatoms. The number of aliphatic carboxylic acids is 1. The van der Waals surface area contributed by atoms with Gasteiger partial charge in [0.2, 0.25) is 7.59 Å². The lowest BCUT2D eigenvalue weighted by Gasteiger charge is -2.16. The van der Waals surface area contributed by atoms with Crippen molar-refractivity contribution < 1.29 is 9.90 Å². The number of carboxylic acid groups (broad SMARTS) is 1. The number of carboxylic acids is 1. The van der Waals surface area contributed by atoms with Crippen molar-refractivity contribution in [1.82, 2.24) is 15.0 Å². The van der Waals surface area contributed by atoms with Gasteiger partial charge in [-0.05, 0) is 18.2 Å². The third-order valence-corrected chi connectivity index (χ3v) is 5.23. The van der Waals surface area contributed by atoms with Crippen LogP contribution in [0.2, 0.25) is 5.02 Å². The summed E-state index contributed by atoms with van der Waals surface area (Å²) in [6.45, 7) is 0. The van der Waals surface area contributed by atoms with E-state index < -0.39 is 13.6 Å². The number of rotatable bonds is 5. The van der Waals surface area contributed by atoms with Gasteiger partial charge in [-0.15, -0.1) is 11.8 Å². The summed E-state index contributed by atoms with van der Waals surface area (Å²) in [5.74, 6) is -0.885. The van der Waals surface area contributed by atoms with E-state index in [1.165, 1.54) is 11.8 Å². The van der Waals surface area contributed by atoms with E-state index in [0.29, 0.717) is 11.3 Å². The molecule has 1 aromatic carbocycles. The molecule has 1 aromatic heterocycles. The molecule has 0 fully saturated rings. The number of alkyl halides is 6. The van der Waals surface area contributed by atoms with E-state index in [0.717, 1.165) is 4.90 Å². The average Bonchev–Trinajstić information content (AvgIpc) is 2.52. The van der Waals surface area contributed by atoms with Crippen LogP contribution in [0.5, 0.6) is 0 Å². The molecule has 1 N–H and O–H groups in total. The van der Waals surface area contributed by atoms with E-state index >= 15 is 0 Å². The SMILES string of the molecule is O=C(O)CCSc1ccc(-c2nc(C(Cl)(Cl)Cl)nc(C(Cl)(Cl)Cl)n2)c(Cl)c1. The Morgan fingerprint density at radius 2 is 1.56 bits per heavy atom. The maximum absolute atomic E-state index is 10.6. The highest BCUT2D eigenvalue weighted by molar-refractivity contribution is 7.99. The summed E-state index contributed by atoms with van der Waals surface area (Å²) in [6, 6.07) is 4.99. The maximum atomic E-state index is 10.6. The van der Waals surface area contributed by atoms with Gasteiger partial charge in [-0.3, -0.25) is 4.79 Å². The number of aromatic nitrogens is 3. The van der Waals surface area contributed by atoms with Crippen LogP contribution in [0.1, 0.15) is 18.1 Å². The molecule has 146 valence electrons. The first-order valence-corrected chi connectivity index (χ1v) is 10.6. The van der Waals surface area contributed by atoms with Crippen molar-refractivity contribution in [2.75, 3.05) is 5.75 Å². The highest BCUT2D eigenvalue weighted by Gasteiger charge is 2.34. The van der Waals surface area contributed by atoms with Crippen molar-refractivity contribution in [2.45, 2.75) is 18.9 Å². The number of benzene rings is 1. The summed E-state index contributed by atoms with van der Waals surface area (Å²) in [4.78, 5) is 23.5. The van der Waals surface area contributed by atoms with Gasteiger partial charge < -0.3 is 5.11 Å². The van der Waals surface area contributed by atoms with E-state index in [-0.39, 0.29) is 28.9 Å². The van der Waals surface area contributed by atoms with Gasteiger partial charge in [0.1, 0.15) is 0 Å². The second kappa shape index (κ2) is 9.26. The standard InChI is InChI=1S/C14H8Cl7N3O2S/c15-8-5-6(27-4-3-9(25)26)1-2-7(8)10-22-11(13(16,17)18)24-12(23-10)14(19,20)21/h1-2,5H,3-4H2,(H,25,26). The molecule has 5 nitrogen and oxygen atoms in total. The van der Waals surface area contributed by atoms with Crippen LogP contribution in [0.15, 0.2) is 23.1 Å². The van der Waals surface area contributed by atoms with E-state index in [1.54, 1.807) is 18.2 Å². The fraction of sp³-hybridized carbons (Fsp3) is 0.286.